The van der Waals surface area contributed by atoms with Gasteiger partial charge in [-0.2, -0.15) is 0 Å². The number of amides is 2. The highest BCUT2D eigenvalue weighted by molar-refractivity contribution is 6.31. The molecule has 0 atom stereocenters. The number of nitrogens with one attached hydrogen (secondary N) is 2. The number of likely N-dealkylation sites (N-methyl/N-ethyl adjacent to an activating group) is 1. The number of aromatic amines is 1. The lowest BCUT2D eigenvalue weighted by Crippen LogP contribution is -2.38. The first-order valence-corrected chi connectivity index (χ1v) is 10.7. The van der Waals surface area contributed by atoms with Crippen molar-refractivity contribution in [1.29, 1.82) is 0 Å². The highest BCUT2D eigenvalue weighted by Gasteiger charge is 2.19. The van der Waals surface area contributed by atoms with Gasteiger partial charge in [-0.05, 0) is 49.4 Å². The number of carbonyl (C=O) groups is 2. The van der Waals surface area contributed by atoms with Crippen LogP contribution >= 0.6 is 11.6 Å². The molecule has 1 aliphatic heterocycles. The second-order valence-corrected chi connectivity index (χ2v) is 7.86. The minimum Gasteiger partial charge on any atom is -0.378 e. The Kier molecular flexibility index (Phi) is 6.44. The zero-order valence-electron chi connectivity index (χ0n) is 17.4. The predicted molar refractivity (Wildman–Crippen MR) is 123 cm³/mol. The molecule has 7 nitrogen and oxygen atoms in total. The van der Waals surface area contributed by atoms with Crippen molar-refractivity contribution >= 4 is 45.7 Å². The molecule has 3 aromatic rings. The van der Waals surface area contributed by atoms with E-state index in [-0.39, 0.29) is 18.4 Å². The minimum absolute atomic E-state index is 0.0311. The largest absolute Gasteiger partial charge is 0.378 e. The van der Waals surface area contributed by atoms with Gasteiger partial charge in [-0.1, -0.05) is 17.7 Å². The van der Waals surface area contributed by atoms with Crippen LogP contribution in [-0.4, -0.2) is 61.1 Å². The van der Waals surface area contributed by atoms with Crippen molar-refractivity contribution in [2.75, 3.05) is 49.6 Å². The molecule has 162 valence electrons. The summed E-state index contributed by atoms with van der Waals surface area (Å²) in [6.07, 6.45) is 0. The van der Waals surface area contributed by atoms with Gasteiger partial charge in [0.2, 0.25) is 5.91 Å². The van der Waals surface area contributed by atoms with E-state index in [1.807, 2.05) is 37.3 Å². The third-order valence-corrected chi connectivity index (χ3v) is 5.58. The summed E-state index contributed by atoms with van der Waals surface area (Å²) in [6.45, 7) is 5.40. The van der Waals surface area contributed by atoms with Crippen LogP contribution in [0.5, 0.6) is 0 Å². The summed E-state index contributed by atoms with van der Waals surface area (Å²) >= 11 is 6.02. The van der Waals surface area contributed by atoms with Crippen LogP contribution in [0.4, 0.5) is 11.4 Å². The summed E-state index contributed by atoms with van der Waals surface area (Å²) in [7, 11) is 0. The van der Waals surface area contributed by atoms with Crippen molar-refractivity contribution in [2.24, 2.45) is 0 Å². The number of anilines is 2. The van der Waals surface area contributed by atoms with E-state index in [4.69, 9.17) is 16.3 Å². The lowest BCUT2D eigenvalue weighted by molar-refractivity contribution is -0.116. The Hall–Kier alpha value is -3.03. The van der Waals surface area contributed by atoms with Gasteiger partial charge in [0.1, 0.15) is 12.2 Å². The van der Waals surface area contributed by atoms with Crippen LogP contribution in [0.15, 0.2) is 48.5 Å². The van der Waals surface area contributed by atoms with Crippen molar-refractivity contribution < 1.29 is 14.3 Å². The second-order valence-electron chi connectivity index (χ2n) is 7.43. The van der Waals surface area contributed by atoms with E-state index in [9.17, 15) is 9.59 Å². The number of halogens is 1. The van der Waals surface area contributed by atoms with E-state index in [0.29, 0.717) is 22.9 Å². The number of fused-ring (bicyclic) bond motifs is 1. The van der Waals surface area contributed by atoms with E-state index >= 15 is 0 Å². The number of H-pyrrole nitrogens is 1. The topological polar surface area (TPSA) is 77.7 Å². The van der Waals surface area contributed by atoms with Gasteiger partial charge in [-0.25, -0.2) is 0 Å². The molecule has 2 N–H and O–H groups in total. The summed E-state index contributed by atoms with van der Waals surface area (Å²) in [5.74, 6) is -0.471. The molecule has 31 heavy (non-hydrogen) atoms. The Labute approximate surface area is 185 Å². The van der Waals surface area contributed by atoms with Crippen molar-refractivity contribution in [1.82, 2.24) is 9.88 Å². The average Bonchev–Trinajstić information content (AvgIpc) is 3.21. The first-order valence-electron chi connectivity index (χ1n) is 10.3. The highest BCUT2D eigenvalue weighted by Crippen LogP contribution is 2.21. The Morgan fingerprint density at radius 1 is 1.13 bits per heavy atom. The molecule has 0 radical (unpaired) electrons. The van der Waals surface area contributed by atoms with Gasteiger partial charge in [0.05, 0.1) is 13.2 Å². The van der Waals surface area contributed by atoms with E-state index in [1.54, 1.807) is 18.2 Å². The number of hydrogen-bond donors (Lipinski definition) is 2. The zero-order valence-corrected chi connectivity index (χ0v) is 18.1. The minimum atomic E-state index is -0.242. The molecule has 0 aliphatic carbocycles. The van der Waals surface area contributed by atoms with E-state index in [1.165, 1.54) is 4.90 Å². The van der Waals surface area contributed by atoms with Crippen LogP contribution in [0.2, 0.25) is 5.02 Å². The highest BCUT2D eigenvalue weighted by atomic mass is 35.5. The lowest BCUT2D eigenvalue weighted by atomic mass is 10.2. The molecule has 1 saturated heterocycles. The molecule has 2 aromatic carbocycles. The van der Waals surface area contributed by atoms with Crippen LogP contribution < -0.4 is 10.2 Å². The number of nitrogens with zero attached hydrogens (tertiary/aromatic N) is 2. The summed E-state index contributed by atoms with van der Waals surface area (Å²) < 4.78 is 5.38. The summed E-state index contributed by atoms with van der Waals surface area (Å²) in [4.78, 5) is 32.3. The molecule has 0 bridgehead atoms. The average molecular weight is 441 g/mol. The summed E-state index contributed by atoms with van der Waals surface area (Å²) in [5, 5.41) is 4.37. The SMILES string of the molecule is CCN(CC(=O)Nc1ccc(N2CCOCC2)cc1)C(=O)c1cc2ccc(Cl)cc2[nH]1. The molecular weight excluding hydrogens is 416 g/mol. The Morgan fingerprint density at radius 3 is 2.58 bits per heavy atom. The molecule has 2 amide bonds. The van der Waals surface area contributed by atoms with Crippen molar-refractivity contribution in [2.45, 2.75) is 6.92 Å². The van der Waals surface area contributed by atoms with E-state index in [0.717, 1.165) is 42.9 Å². The molecule has 1 fully saturated rings. The van der Waals surface area contributed by atoms with Crippen LogP contribution in [0.3, 0.4) is 0 Å². The molecule has 2 heterocycles. The monoisotopic (exact) mass is 440 g/mol. The van der Waals surface area contributed by atoms with Gasteiger partial charge < -0.3 is 24.8 Å². The first-order chi connectivity index (χ1) is 15.0. The van der Waals surface area contributed by atoms with Gasteiger partial charge in [0, 0.05) is 46.9 Å². The Morgan fingerprint density at radius 2 is 1.87 bits per heavy atom. The van der Waals surface area contributed by atoms with Gasteiger partial charge in [0.15, 0.2) is 0 Å². The summed E-state index contributed by atoms with van der Waals surface area (Å²) in [5.41, 5.74) is 3.02. The lowest BCUT2D eigenvalue weighted by Gasteiger charge is -2.29. The Bertz CT molecular complexity index is 1070. The zero-order chi connectivity index (χ0) is 21.8. The van der Waals surface area contributed by atoms with Crippen LogP contribution in [-0.2, 0) is 9.53 Å². The van der Waals surface area contributed by atoms with Gasteiger partial charge in [-0.3, -0.25) is 9.59 Å². The van der Waals surface area contributed by atoms with Crippen molar-refractivity contribution in [3.8, 4) is 0 Å². The fourth-order valence-electron chi connectivity index (χ4n) is 3.66. The Balaban J connectivity index is 1.38. The molecule has 1 aliphatic rings. The molecule has 0 spiro atoms. The number of benzene rings is 2. The third kappa shape index (κ3) is 5.00. The number of carbonyl (C=O) groups excluding carboxylic acids is 2. The van der Waals surface area contributed by atoms with Gasteiger partial charge in [-0.15, -0.1) is 0 Å². The van der Waals surface area contributed by atoms with Crippen LogP contribution in [0, 0.1) is 0 Å². The standard InChI is InChI=1S/C23H25ClN4O3/c1-2-27(23(30)21-13-16-3-4-17(24)14-20(16)26-21)15-22(29)25-18-5-7-19(8-6-18)28-9-11-31-12-10-28/h3-8,13-14,26H,2,9-12,15H2,1H3,(H,25,29). The quantitative estimate of drug-likeness (QED) is 0.611. The van der Waals surface area contributed by atoms with Crippen LogP contribution in [0.1, 0.15) is 17.4 Å². The first kappa shape index (κ1) is 21.2. The fourth-order valence-corrected chi connectivity index (χ4v) is 3.84. The molecule has 8 heteroatoms. The third-order valence-electron chi connectivity index (χ3n) is 5.35. The summed E-state index contributed by atoms with van der Waals surface area (Å²) in [6, 6.07) is 14.9. The van der Waals surface area contributed by atoms with Crippen molar-refractivity contribution in [3.63, 3.8) is 0 Å². The smallest absolute Gasteiger partial charge is 0.270 e. The molecule has 1 aromatic heterocycles. The number of rotatable bonds is 6. The maximum atomic E-state index is 12.9. The fraction of sp³-hybridized carbons (Fsp3) is 0.304. The predicted octanol–water partition coefficient (Wildman–Crippen LogP) is 3.76. The maximum Gasteiger partial charge on any atom is 0.270 e. The van der Waals surface area contributed by atoms with Gasteiger partial charge >= 0.3 is 0 Å². The number of hydrogen-bond acceptors (Lipinski definition) is 4. The number of morpholine rings is 1. The van der Waals surface area contributed by atoms with E-state index < -0.39 is 0 Å². The molecule has 4 rings (SSSR count). The van der Waals surface area contributed by atoms with Gasteiger partial charge in [0.25, 0.3) is 5.91 Å². The van der Waals surface area contributed by atoms with Crippen LogP contribution in [0.25, 0.3) is 10.9 Å². The second kappa shape index (κ2) is 9.41. The molecule has 0 saturated carbocycles. The normalized spacial score (nSPS) is 13.9. The number of ether oxygens (including phenoxy) is 1. The van der Waals surface area contributed by atoms with Crippen molar-refractivity contribution in [3.05, 3.63) is 59.2 Å². The maximum absolute atomic E-state index is 12.9. The molecular formula is C23H25ClN4O3. The van der Waals surface area contributed by atoms with E-state index in [2.05, 4.69) is 15.2 Å². The number of aromatic nitrogens is 1. The molecule has 0 unspecified atom stereocenters.